The van der Waals surface area contributed by atoms with Crippen molar-refractivity contribution in [2.45, 2.75) is 25.5 Å². The molecule has 1 aliphatic heterocycles. The normalized spacial score (nSPS) is 16.9. The van der Waals surface area contributed by atoms with Gasteiger partial charge in [-0.2, -0.15) is 0 Å². The van der Waals surface area contributed by atoms with E-state index in [9.17, 15) is 4.39 Å². The minimum Gasteiger partial charge on any atom is -0.394 e. The van der Waals surface area contributed by atoms with Crippen molar-refractivity contribution < 1.29 is 14.2 Å². The SMILES string of the molecule is NCc1c(F)cccc1N1CCC(OCCO)CC1. The molecule has 4 nitrogen and oxygen atoms in total. The van der Waals surface area contributed by atoms with Crippen molar-refractivity contribution in [1.29, 1.82) is 0 Å². The van der Waals surface area contributed by atoms with Gasteiger partial charge >= 0.3 is 0 Å². The van der Waals surface area contributed by atoms with Gasteiger partial charge in [0.2, 0.25) is 0 Å². The Morgan fingerprint density at radius 2 is 2.11 bits per heavy atom. The van der Waals surface area contributed by atoms with E-state index in [1.54, 1.807) is 6.07 Å². The molecule has 2 rings (SSSR count). The van der Waals surface area contributed by atoms with Crippen molar-refractivity contribution in [3.63, 3.8) is 0 Å². The van der Waals surface area contributed by atoms with Crippen LogP contribution in [0.15, 0.2) is 18.2 Å². The molecule has 0 bridgehead atoms. The summed E-state index contributed by atoms with van der Waals surface area (Å²) in [5.74, 6) is -0.237. The Kier molecular flexibility index (Phi) is 5.13. The number of nitrogens with two attached hydrogens (primary N) is 1. The zero-order valence-corrected chi connectivity index (χ0v) is 11.0. The van der Waals surface area contributed by atoms with Crippen LogP contribution in [0, 0.1) is 5.82 Å². The molecule has 0 aliphatic carbocycles. The van der Waals surface area contributed by atoms with Crippen LogP contribution < -0.4 is 10.6 Å². The van der Waals surface area contributed by atoms with Crippen LogP contribution in [-0.4, -0.2) is 37.5 Å². The van der Waals surface area contributed by atoms with E-state index in [0.29, 0.717) is 12.2 Å². The molecule has 1 aromatic rings. The molecule has 5 heteroatoms. The first-order chi connectivity index (χ1) is 9.26. The van der Waals surface area contributed by atoms with E-state index in [1.807, 2.05) is 6.07 Å². The number of ether oxygens (including phenoxy) is 1. The van der Waals surface area contributed by atoms with Gasteiger partial charge in [-0.25, -0.2) is 4.39 Å². The van der Waals surface area contributed by atoms with Gasteiger partial charge in [-0.1, -0.05) is 6.07 Å². The molecular weight excluding hydrogens is 247 g/mol. The highest BCUT2D eigenvalue weighted by molar-refractivity contribution is 5.54. The van der Waals surface area contributed by atoms with Crippen LogP contribution in [0.25, 0.3) is 0 Å². The predicted molar refractivity (Wildman–Crippen MR) is 72.6 cm³/mol. The lowest BCUT2D eigenvalue weighted by molar-refractivity contribution is 0.0159. The van der Waals surface area contributed by atoms with E-state index < -0.39 is 0 Å². The van der Waals surface area contributed by atoms with E-state index in [-0.39, 0.29) is 25.1 Å². The quantitative estimate of drug-likeness (QED) is 0.844. The number of hydrogen-bond acceptors (Lipinski definition) is 4. The van der Waals surface area contributed by atoms with E-state index in [2.05, 4.69) is 4.90 Å². The second-order valence-electron chi connectivity index (χ2n) is 4.72. The standard InChI is InChI=1S/C14H21FN2O2/c15-13-2-1-3-14(12(13)10-16)17-6-4-11(5-7-17)19-9-8-18/h1-3,11,18H,4-10,16H2. The summed E-state index contributed by atoms with van der Waals surface area (Å²) in [7, 11) is 0. The number of piperidine rings is 1. The van der Waals surface area contributed by atoms with E-state index >= 15 is 0 Å². The van der Waals surface area contributed by atoms with Crippen molar-refractivity contribution in [2.24, 2.45) is 5.73 Å². The van der Waals surface area contributed by atoms with E-state index in [0.717, 1.165) is 31.6 Å². The van der Waals surface area contributed by atoms with Crippen LogP contribution in [-0.2, 0) is 11.3 Å². The van der Waals surface area contributed by atoms with Crippen LogP contribution in [0.2, 0.25) is 0 Å². The molecule has 0 radical (unpaired) electrons. The first kappa shape index (κ1) is 14.2. The number of anilines is 1. The van der Waals surface area contributed by atoms with Crippen molar-refractivity contribution in [2.75, 3.05) is 31.2 Å². The number of halogens is 1. The number of rotatable bonds is 5. The molecule has 0 saturated carbocycles. The second kappa shape index (κ2) is 6.84. The average molecular weight is 268 g/mol. The van der Waals surface area contributed by atoms with Gasteiger partial charge in [-0.3, -0.25) is 0 Å². The summed E-state index contributed by atoms with van der Waals surface area (Å²) in [6, 6.07) is 5.08. The third kappa shape index (κ3) is 3.43. The van der Waals surface area contributed by atoms with Gasteiger partial charge in [-0.15, -0.1) is 0 Å². The Hall–Kier alpha value is -1.17. The molecule has 3 N–H and O–H groups in total. The lowest BCUT2D eigenvalue weighted by Gasteiger charge is -2.34. The molecule has 1 fully saturated rings. The van der Waals surface area contributed by atoms with Crippen molar-refractivity contribution in [3.05, 3.63) is 29.6 Å². The van der Waals surface area contributed by atoms with Crippen LogP contribution in [0.3, 0.4) is 0 Å². The summed E-state index contributed by atoms with van der Waals surface area (Å²) in [5, 5.41) is 8.73. The molecule has 1 saturated heterocycles. The largest absolute Gasteiger partial charge is 0.394 e. The van der Waals surface area contributed by atoms with Crippen LogP contribution >= 0.6 is 0 Å². The maximum absolute atomic E-state index is 13.7. The first-order valence-electron chi connectivity index (χ1n) is 6.71. The maximum Gasteiger partial charge on any atom is 0.129 e. The number of aliphatic hydroxyl groups excluding tert-OH is 1. The second-order valence-corrected chi connectivity index (χ2v) is 4.72. The van der Waals surface area contributed by atoms with E-state index in [1.165, 1.54) is 6.07 Å². The molecule has 1 heterocycles. The lowest BCUT2D eigenvalue weighted by atomic mass is 10.0. The van der Waals surface area contributed by atoms with Gasteiger partial charge < -0.3 is 20.5 Å². The van der Waals surface area contributed by atoms with Gasteiger partial charge in [0.1, 0.15) is 5.82 Å². The molecule has 0 unspecified atom stereocenters. The summed E-state index contributed by atoms with van der Waals surface area (Å²) < 4.78 is 19.2. The molecule has 106 valence electrons. The Morgan fingerprint density at radius 3 is 2.74 bits per heavy atom. The molecule has 1 aliphatic rings. The van der Waals surface area contributed by atoms with Gasteiger partial charge in [0, 0.05) is 30.9 Å². The number of nitrogens with zero attached hydrogens (tertiary/aromatic N) is 1. The minimum absolute atomic E-state index is 0.0570. The zero-order valence-electron chi connectivity index (χ0n) is 11.0. The summed E-state index contributed by atoms with van der Waals surface area (Å²) in [4.78, 5) is 2.16. The fourth-order valence-corrected chi connectivity index (χ4v) is 2.53. The molecule has 0 spiro atoms. The Labute approximate surface area is 113 Å². The Bertz CT molecular complexity index is 406. The summed E-state index contributed by atoms with van der Waals surface area (Å²) in [6.07, 6.45) is 1.97. The maximum atomic E-state index is 13.7. The monoisotopic (exact) mass is 268 g/mol. The fourth-order valence-electron chi connectivity index (χ4n) is 2.53. The Morgan fingerprint density at radius 1 is 1.37 bits per heavy atom. The molecule has 1 aromatic carbocycles. The molecule has 0 aromatic heterocycles. The van der Waals surface area contributed by atoms with Crippen molar-refractivity contribution >= 4 is 5.69 Å². The summed E-state index contributed by atoms with van der Waals surface area (Å²) in [6.45, 7) is 2.31. The van der Waals surface area contributed by atoms with Gasteiger partial charge in [0.15, 0.2) is 0 Å². The molecule has 0 atom stereocenters. The zero-order chi connectivity index (χ0) is 13.7. The van der Waals surface area contributed by atoms with Crippen LogP contribution in [0.5, 0.6) is 0 Å². The van der Waals surface area contributed by atoms with E-state index in [4.69, 9.17) is 15.6 Å². The topological polar surface area (TPSA) is 58.7 Å². The average Bonchev–Trinajstić information content (AvgIpc) is 2.45. The first-order valence-corrected chi connectivity index (χ1v) is 6.71. The highest BCUT2D eigenvalue weighted by Gasteiger charge is 2.22. The van der Waals surface area contributed by atoms with Gasteiger partial charge in [-0.05, 0) is 25.0 Å². The number of aliphatic hydroxyl groups is 1. The number of hydrogen-bond donors (Lipinski definition) is 2. The minimum atomic E-state index is -0.237. The van der Waals surface area contributed by atoms with Crippen molar-refractivity contribution in [1.82, 2.24) is 0 Å². The van der Waals surface area contributed by atoms with Gasteiger partial charge in [0.05, 0.1) is 19.3 Å². The summed E-state index contributed by atoms with van der Waals surface area (Å²) in [5.41, 5.74) is 7.10. The third-order valence-electron chi connectivity index (χ3n) is 3.53. The fraction of sp³-hybridized carbons (Fsp3) is 0.571. The molecular formula is C14H21FN2O2. The van der Waals surface area contributed by atoms with Crippen molar-refractivity contribution in [3.8, 4) is 0 Å². The summed E-state index contributed by atoms with van der Waals surface area (Å²) >= 11 is 0. The predicted octanol–water partition coefficient (Wildman–Crippen LogP) is 1.26. The highest BCUT2D eigenvalue weighted by Crippen LogP contribution is 2.26. The highest BCUT2D eigenvalue weighted by atomic mass is 19.1. The van der Waals surface area contributed by atoms with Crippen LogP contribution in [0.4, 0.5) is 10.1 Å². The lowest BCUT2D eigenvalue weighted by Crippen LogP contribution is -2.38. The molecule has 0 amide bonds. The third-order valence-corrected chi connectivity index (χ3v) is 3.53. The smallest absolute Gasteiger partial charge is 0.129 e. The van der Waals surface area contributed by atoms with Crippen LogP contribution in [0.1, 0.15) is 18.4 Å². The number of benzene rings is 1. The molecule has 19 heavy (non-hydrogen) atoms. The Balaban J connectivity index is 1.99. The van der Waals surface area contributed by atoms with Gasteiger partial charge in [0.25, 0.3) is 0 Å².